The molecule has 4 rings (SSSR count). The minimum Gasteiger partial charge on any atom is -0.383 e. The predicted octanol–water partition coefficient (Wildman–Crippen LogP) is 6.20. The third kappa shape index (κ3) is 8.10. The SMILES string of the molecule is COCCN(CC(=O)N(CCc1c[nH]c2ccccc12)Cc1ccc(C(F)(F)F)cc1)C(=O)CCC1CCCC1. The number of methoxy groups -OCH3 is 1. The van der Waals surface area contributed by atoms with E-state index in [1.807, 2.05) is 30.5 Å². The number of hydrogen-bond donors (Lipinski definition) is 1. The van der Waals surface area contributed by atoms with Gasteiger partial charge in [0.2, 0.25) is 11.8 Å². The largest absolute Gasteiger partial charge is 0.416 e. The molecule has 216 valence electrons. The van der Waals surface area contributed by atoms with Crippen molar-refractivity contribution in [1.82, 2.24) is 14.8 Å². The van der Waals surface area contributed by atoms with Crippen molar-refractivity contribution in [2.75, 3.05) is 33.4 Å². The molecule has 0 bridgehead atoms. The van der Waals surface area contributed by atoms with Gasteiger partial charge in [-0.2, -0.15) is 13.2 Å². The number of H-pyrrole nitrogens is 1. The molecule has 2 amide bonds. The Morgan fingerprint density at radius 1 is 0.975 bits per heavy atom. The predicted molar refractivity (Wildman–Crippen MR) is 149 cm³/mol. The fourth-order valence-electron chi connectivity index (χ4n) is 5.45. The number of aromatic nitrogens is 1. The van der Waals surface area contributed by atoms with Crippen LogP contribution in [0.4, 0.5) is 13.2 Å². The monoisotopic (exact) mass is 557 g/mol. The van der Waals surface area contributed by atoms with Crippen LogP contribution in [0.15, 0.2) is 54.7 Å². The Morgan fingerprint density at radius 3 is 2.40 bits per heavy atom. The van der Waals surface area contributed by atoms with Gasteiger partial charge in [0.05, 0.1) is 18.7 Å². The zero-order chi connectivity index (χ0) is 28.5. The van der Waals surface area contributed by atoms with Crippen molar-refractivity contribution in [2.24, 2.45) is 5.92 Å². The number of aromatic amines is 1. The minimum atomic E-state index is -4.43. The Bertz CT molecular complexity index is 1250. The summed E-state index contributed by atoms with van der Waals surface area (Å²) in [6, 6.07) is 12.8. The van der Waals surface area contributed by atoms with Crippen molar-refractivity contribution in [3.63, 3.8) is 0 Å². The molecule has 0 radical (unpaired) electrons. The van der Waals surface area contributed by atoms with Gasteiger partial charge in [-0.15, -0.1) is 0 Å². The molecule has 2 aromatic carbocycles. The molecule has 0 unspecified atom stereocenters. The lowest BCUT2D eigenvalue weighted by Gasteiger charge is -2.28. The number of fused-ring (bicyclic) bond motifs is 1. The van der Waals surface area contributed by atoms with Crippen LogP contribution >= 0.6 is 0 Å². The summed E-state index contributed by atoms with van der Waals surface area (Å²) in [6.45, 7) is 1.03. The van der Waals surface area contributed by atoms with E-state index >= 15 is 0 Å². The smallest absolute Gasteiger partial charge is 0.383 e. The number of halogens is 3. The van der Waals surface area contributed by atoms with Crippen LogP contribution in [0.5, 0.6) is 0 Å². The molecular weight excluding hydrogens is 519 g/mol. The number of benzene rings is 2. The Morgan fingerprint density at radius 2 is 1.70 bits per heavy atom. The summed E-state index contributed by atoms with van der Waals surface area (Å²) < 4.78 is 44.4. The number of carbonyl (C=O) groups excluding carboxylic acids is 2. The normalized spacial score (nSPS) is 14.1. The summed E-state index contributed by atoms with van der Waals surface area (Å²) in [5.74, 6) is 0.254. The average Bonchev–Trinajstić information content (AvgIpc) is 3.62. The first kappa shape index (κ1) is 29.6. The fraction of sp³-hybridized carbons (Fsp3) is 0.484. The Labute approximate surface area is 233 Å². The van der Waals surface area contributed by atoms with E-state index in [1.54, 1.807) is 16.9 Å². The minimum absolute atomic E-state index is 0.0663. The van der Waals surface area contributed by atoms with E-state index < -0.39 is 11.7 Å². The van der Waals surface area contributed by atoms with E-state index in [2.05, 4.69) is 4.98 Å². The van der Waals surface area contributed by atoms with Crippen LogP contribution in [0.3, 0.4) is 0 Å². The molecule has 1 N–H and O–H groups in total. The molecule has 1 fully saturated rings. The highest BCUT2D eigenvalue weighted by Crippen LogP contribution is 2.30. The van der Waals surface area contributed by atoms with Crippen molar-refractivity contribution in [2.45, 2.75) is 57.7 Å². The Balaban J connectivity index is 1.48. The first-order valence-electron chi connectivity index (χ1n) is 14.0. The molecule has 1 saturated carbocycles. The molecule has 1 aromatic heterocycles. The van der Waals surface area contributed by atoms with Crippen LogP contribution in [-0.2, 0) is 33.5 Å². The summed E-state index contributed by atoms with van der Waals surface area (Å²) >= 11 is 0. The maximum atomic E-state index is 13.6. The van der Waals surface area contributed by atoms with Crippen LogP contribution in [0, 0.1) is 5.92 Å². The highest BCUT2D eigenvalue weighted by Gasteiger charge is 2.30. The third-order valence-electron chi connectivity index (χ3n) is 7.82. The van der Waals surface area contributed by atoms with Gasteiger partial charge in [0, 0.05) is 50.3 Å². The van der Waals surface area contributed by atoms with E-state index in [0.717, 1.165) is 47.9 Å². The molecule has 0 saturated heterocycles. The fourth-order valence-corrected chi connectivity index (χ4v) is 5.45. The van der Waals surface area contributed by atoms with Crippen molar-refractivity contribution in [1.29, 1.82) is 0 Å². The van der Waals surface area contributed by atoms with E-state index in [1.165, 1.54) is 25.0 Å². The van der Waals surface area contributed by atoms with E-state index in [0.29, 0.717) is 44.0 Å². The quantitative estimate of drug-likeness (QED) is 0.272. The van der Waals surface area contributed by atoms with Crippen LogP contribution < -0.4 is 0 Å². The number of nitrogens with one attached hydrogen (secondary N) is 1. The van der Waals surface area contributed by atoms with Gasteiger partial charge in [-0.1, -0.05) is 56.0 Å². The first-order chi connectivity index (χ1) is 19.2. The lowest BCUT2D eigenvalue weighted by Crippen LogP contribution is -2.44. The highest BCUT2D eigenvalue weighted by atomic mass is 19.4. The number of rotatable bonds is 13. The third-order valence-corrected chi connectivity index (χ3v) is 7.82. The van der Waals surface area contributed by atoms with Gasteiger partial charge in [0.15, 0.2) is 0 Å². The number of amides is 2. The number of hydrogen-bond acceptors (Lipinski definition) is 3. The molecule has 0 aliphatic heterocycles. The topological polar surface area (TPSA) is 65.6 Å². The lowest BCUT2D eigenvalue weighted by molar-refractivity contribution is -0.141. The van der Waals surface area contributed by atoms with Gasteiger partial charge in [-0.3, -0.25) is 9.59 Å². The van der Waals surface area contributed by atoms with Crippen molar-refractivity contribution >= 4 is 22.7 Å². The molecule has 3 aromatic rings. The maximum absolute atomic E-state index is 13.6. The second-order valence-corrected chi connectivity index (χ2v) is 10.6. The van der Waals surface area contributed by atoms with Crippen LogP contribution in [0.2, 0.25) is 0 Å². The van der Waals surface area contributed by atoms with Gasteiger partial charge in [-0.25, -0.2) is 0 Å². The average molecular weight is 558 g/mol. The van der Waals surface area contributed by atoms with E-state index in [-0.39, 0.29) is 24.9 Å². The Hall–Kier alpha value is -3.33. The molecule has 0 atom stereocenters. The molecule has 1 aliphatic carbocycles. The maximum Gasteiger partial charge on any atom is 0.416 e. The highest BCUT2D eigenvalue weighted by molar-refractivity contribution is 5.85. The molecule has 6 nitrogen and oxygen atoms in total. The summed E-state index contributed by atoms with van der Waals surface area (Å²) in [7, 11) is 1.56. The van der Waals surface area contributed by atoms with Gasteiger partial charge >= 0.3 is 6.18 Å². The number of nitrogens with zero attached hydrogens (tertiary/aromatic N) is 2. The molecule has 1 heterocycles. The summed E-state index contributed by atoms with van der Waals surface area (Å²) in [6.07, 6.45) is 4.00. The first-order valence-corrected chi connectivity index (χ1v) is 14.0. The van der Waals surface area contributed by atoms with Gasteiger partial charge in [0.1, 0.15) is 0 Å². The van der Waals surface area contributed by atoms with Crippen LogP contribution in [-0.4, -0.2) is 59.9 Å². The van der Waals surface area contributed by atoms with Gasteiger partial charge in [0.25, 0.3) is 0 Å². The van der Waals surface area contributed by atoms with E-state index in [9.17, 15) is 22.8 Å². The summed E-state index contributed by atoms with van der Waals surface area (Å²) in [5.41, 5.74) is 1.91. The lowest BCUT2D eigenvalue weighted by atomic mass is 10.0. The number of alkyl halides is 3. The van der Waals surface area contributed by atoms with Crippen molar-refractivity contribution in [3.05, 3.63) is 71.4 Å². The van der Waals surface area contributed by atoms with Crippen molar-refractivity contribution < 1.29 is 27.5 Å². The second-order valence-electron chi connectivity index (χ2n) is 10.6. The molecule has 0 spiro atoms. The van der Waals surface area contributed by atoms with Crippen LogP contribution in [0.1, 0.15) is 55.2 Å². The summed E-state index contributed by atoms with van der Waals surface area (Å²) in [5, 5.41) is 1.06. The zero-order valence-corrected chi connectivity index (χ0v) is 23.0. The standard InChI is InChI=1S/C31H38F3N3O3/c1-40-19-18-37(29(38)15-12-23-6-2-3-7-23)22-30(39)36(21-24-10-13-26(14-11-24)31(32,33)34)17-16-25-20-35-28-9-5-4-8-27(25)28/h4-5,8-11,13-14,20,23,35H,2-3,6-7,12,15-19,21-22H2,1H3. The molecular formula is C31H38F3N3O3. The number of ether oxygens (including phenoxy) is 1. The number of carbonyl (C=O) groups is 2. The van der Waals surface area contributed by atoms with E-state index in [4.69, 9.17) is 4.74 Å². The number of para-hydroxylation sites is 1. The van der Waals surface area contributed by atoms with Crippen molar-refractivity contribution in [3.8, 4) is 0 Å². The molecule has 40 heavy (non-hydrogen) atoms. The van der Waals surface area contributed by atoms with Gasteiger partial charge in [-0.05, 0) is 48.1 Å². The molecule has 1 aliphatic rings. The van der Waals surface area contributed by atoms with Gasteiger partial charge < -0.3 is 19.5 Å². The second kappa shape index (κ2) is 13.8. The zero-order valence-electron chi connectivity index (χ0n) is 23.0. The van der Waals surface area contributed by atoms with Crippen LogP contribution in [0.25, 0.3) is 10.9 Å². The summed E-state index contributed by atoms with van der Waals surface area (Å²) in [4.78, 5) is 33.2. The molecule has 9 heteroatoms. The Kier molecular flexibility index (Phi) is 10.3.